The fourth-order valence-corrected chi connectivity index (χ4v) is 15.8. The first-order valence-electron chi connectivity index (χ1n) is 48.2. The van der Waals surface area contributed by atoms with Crippen molar-refractivity contribution >= 4 is 0 Å². The molecule has 538 valence electrons. The zero-order valence-electron chi connectivity index (χ0n) is 84.1. The Labute approximate surface area is 665 Å². The lowest BCUT2D eigenvalue weighted by atomic mass is 9.68. The van der Waals surface area contributed by atoms with Gasteiger partial charge in [0.1, 0.15) is 28.2 Å². The second-order valence-electron chi connectivity index (χ2n) is 29.3. The van der Waals surface area contributed by atoms with Gasteiger partial charge in [-0.25, -0.2) is 18.3 Å². The van der Waals surface area contributed by atoms with E-state index in [2.05, 4.69) is 171 Å². The summed E-state index contributed by atoms with van der Waals surface area (Å²) in [5, 5.41) is 0. The third kappa shape index (κ3) is 17.1. The molecule has 4 heteroatoms. The molecule has 4 atom stereocenters. The van der Waals surface area contributed by atoms with Gasteiger partial charge in [-0.1, -0.05) is 228 Å². The smallest absolute Gasteiger partial charge is 0.201 e. The van der Waals surface area contributed by atoms with Gasteiger partial charge in [-0.3, -0.25) is 0 Å². The minimum atomic E-state index is -3.33. The zero-order valence-corrected chi connectivity index (χ0v) is 63.1. The van der Waals surface area contributed by atoms with Crippen molar-refractivity contribution in [2.45, 2.75) is 167 Å². The molecule has 0 spiro atoms. The second-order valence-corrected chi connectivity index (χ2v) is 29.3. The number of aryl methyl sites for hydroxylation is 8. The van der Waals surface area contributed by atoms with Gasteiger partial charge in [-0.05, 0) is 246 Å². The molecule has 6 aliphatic rings. The maximum atomic E-state index is 9.17. The monoisotopic (exact) mass is 1420 g/mol. The zero-order chi connectivity index (χ0) is 92.2. The van der Waals surface area contributed by atoms with Gasteiger partial charge in [0.2, 0.25) is 22.8 Å². The molecule has 4 heterocycles. The number of aromatic nitrogens is 4. The summed E-state index contributed by atoms with van der Waals surface area (Å²) in [6, 6.07) is 79.8. The summed E-state index contributed by atoms with van der Waals surface area (Å²) in [6.45, 7) is 10.1. The van der Waals surface area contributed by atoms with Crippen molar-refractivity contribution in [3.8, 4) is 89.5 Å². The average molecular weight is 1420 g/mol. The number of benzene rings is 8. The summed E-state index contributed by atoms with van der Waals surface area (Å²) in [7, 11) is 8.08. The second kappa shape index (κ2) is 33.9. The molecule has 12 aromatic rings. The predicted octanol–water partition coefficient (Wildman–Crippen LogP) is 24.8. The lowest BCUT2D eigenvalue weighted by Crippen LogP contribution is -2.30. The third-order valence-corrected chi connectivity index (χ3v) is 22.0. The standard InChI is InChI=1S/2C26H30N.C25H26N.C25H28N/c1-19-8-6-10-21(16-19)22-11-7-12-23(17-22)24-14-15-27(3)26(18-24)25-13-5-4-9-20(25)2;1-19-8-10-21(11-9-19)22-12-14-23(15-13-22)24-16-17-27(3)26(18-24)25-7-5-4-6-20(25)2;1-17-5-3-4-6-23(17)24-16-20(13-14-26(24)2)18-7-9-19(10-8-18)25-21-11-12-22(25)15-21;1-19-9-6-7-14-24(19)25-18-23(15-16-26(25)2)22-13-8-12-21(17-22)20-10-4-3-5-11-20/h4-5,7,9,11-15,17-19,21H,6,8,10,16H2,1-3H3;4-7,12-19,21H,8-11H2,1-3H3;3-10,13-14,16,21-22,25H,11-12,15H2,1-2H3;6-9,12-18,20H,3-5,10-11H2,1-2H3/q4*+1/i6D2,8D2,10D2,16D2,19D,21D;8D2,9D2,10D2,11D2,19D,21D;;20D. The van der Waals surface area contributed by atoms with Gasteiger partial charge in [-0.15, -0.1) is 0 Å². The Morgan fingerprint density at radius 1 is 0.302 bits per heavy atom. The van der Waals surface area contributed by atoms with E-state index in [9.17, 15) is 1.37 Å². The van der Waals surface area contributed by atoms with Crippen LogP contribution in [0.2, 0.25) is 0 Å². The highest BCUT2D eigenvalue weighted by Gasteiger charge is 2.47. The molecular formula is C102H114N4+4. The predicted molar refractivity (Wildman–Crippen MR) is 443 cm³/mol. The van der Waals surface area contributed by atoms with Crippen molar-refractivity contribution in [2.75, 3.05) is 0 Å². The van der Waals surface area contributed by atoms with E-state index in [1.807, 2.05) is 122 Å². The molecule has 4 unspecified atom stereocenters. The van der Waals surface area contributed by atoms with Gasteiger partial charge in [-0.2, -0.15) is 0 Å². The highest BCUT2D eigenvalue weighted by atomic mass is 14.9. The SMILES string of the molecule is Cc1ccccc1-c1cc(-c2ccc(C3C4CCC3C4)cc2)cc[n+]1C.[2H]C1([2H])C([2H])([2H])C([2H])(C)C([2H])([2H])C([2H])(c2cccc(-c3cc[n+](C)c(-c4ccccc4C)c3)c2)C1([2H])[2H].[2H]C1([2H])C([2H])([2H])C([2H])(c2ccc(-c3cc[n+](C)c(-c4ccccc4C)c3)cc2)C([2H])([2H])C([2H])([2H])C1([2H])C.[2H]C1(c2cccc(-c3cc[n+](C)c(-c4ccccc4C)c3)c2)CCCCC1. The molecule has 0 saturated heterocycles. The number of fused-ring (bicyclic) bond motifs is 1. The molecule has 4 aromatic heterocycles. The molecule has 6 saturated carbocycles. The van der Waals surface area contributed by atoms with Crippen LogP contribution >= 0.6 is 0 Å². The van der Waals surface area contributed by atoms with Crippen LogP contribution in [0.5, 0.6) is 0 Å². The molecule has 6 aliphatic carbocycles. The Hall–Kier alpha value is -9.64. The van der Waals surface area contributed by atoms with E-state index in [4.69, 9.17) is 27.4 Å². The molecule has 18 rings (SSSR count). The van der Waals surface area contributed by atoms with Gasteiger partial charge in [0.05, 0.1) is 0 Å². The van der Waals surface area contributed by atoms with Gasteiger partial charge in [0, 0.05) is 99.6 Å². The van der Waals surface area contributed by atoms with Crippen LogP contribution in [0.4, 0.5) is 0 Å². The highest BCUT2D eigenvalue weighted by molar-refractivity contribution is 5.74. The number of rotatable bonds is 12. The van der Waals surface area contributed by atoms with Gasteiger partial charge >= 0.3 is 0 Å². The Morgan fingerprint density at radius 2 is 0.670 bits per heavy atom. The minimum Gasteiger partial charge on any atom is -0.201 e. The van der Waals surface area contributed by atoms with Gasteiger partial charge in [0.25, 0.3) is 0 Å². The largest absolute Gasteiger partial charge is 0.213 e. The summed E-state index contributed by atoms with van der Waals surface area (Å²) in [5.74, 6) is -9.09. The van der Waals surface area contributed by atoms with Crippen LogP contribution in [0.3, 0.4) is 0 Å². The van der Waals surface area contributed by atoms with Crippen LogP contribution in [0.1, 0.15) is 213 Å². The van der Waals surface area contributed by atoms with Crippen LogP contribution in [0.25, 0.3) is 89.5 Å². The lowest BCUT2D eigenvalue weighted by molar-refractivity contribution is -0.660. The molecule has 0 amide bonds. The summed E-state index contributed by atoms with van der Waals surface area (Å²) in [4.78, 5) is 0. The molecule has 0 radical (unpaired) electrons. The van der Waals surface area contributed by atoms with E-state index in [1.54, 1.807) is 29.8 Å². The first-order chi connectivity index (χ1) is 59.5. The molecular weight excluding hydrogens is 1280 g/mol. The van der Waals surface area contributed by atoms with Crippen molar-refractivity contribution in [3.05, 3.63) is 312 Å². The van der Waals surface area contributed by atoms with Crippen LogP contribution in [0, 0.1) is 51.3 Å². The van der Waals surface area contributed by atoms with E-state index in [0.29, 0.717) is 5.56 Å². The van der Waals surface area contributed by atoms with Crippen LogP contribution in [0.15, 0.2) is 267 Å². The van der Waals surface area contributed by atoms with Crippen molar-refractivity contribution in [1.82, 2.24) is 0 Å². The van der Waals surface area contributed by atoms with Crippen LogP contribution in [-0.4, -0.2) is 0 Å². The molecule has 8 aromatic carbocycles. The maximum Gasteiger partial charge on any atom is 0.213 e. The quantitative estimate of drug-likeness (QED) is 0.108. The fraction of sp³-hybridized carbons (Fsp3) is 0.333. The number of hydrogen-bond acceptors (Lipinski definition) is 0. The van der Waals surface area contributed by atoms with Gasteiger partial charge < -0.3 is 0 Å². The minimum absolute atomic E-state index is 0.163. The van der Waals surface area contributed by atoms with E-state index >= 15 is 0 Å². The lowest BCUT2D eigenvalue weighted by Gasteiger charge is -2.36. The summed E-state index contributed by atoms with van der Waals surface area (Å²) >= 11 is 0. The number of nitrogens with zero attached hydrogens (tertiary/aromatic N) is 4. The summed E-state index contributed by atoms with van der Waals surface area (Å²) in [5.41, 5.74) is 24.0. The number of pyridine rings is 4. The topological polar surface area (TPSA) is 15.5 Å². The summed E-state index contributed by atoms with van der Waals surface area (Å²) in [6.07, 6.45) is -7.73. The van der Waals surface area contributed by atoms with E-state index in [0.717, 1.165) is 94.8 Å². The number of hydrogen-bond donors (Lipinski definition) is 0. The van der Waals surface area contributed by atoms with E-state index in [-0.39, 0.29) is 11.1 Å². The van der Waals surface area contributed by atoms with Gasteiger partial charge in [0.15, 0.2) is 24.8 Å². The van der Waals surface area contributed by atoms with Crippen molar-refractivity contribution in [2.24, 2.45) is 51.8 Å². The maximum absolute atomic E-state index is 9.17. The third-order valence-electron chi connectivity index (χ3n) is 22.0. The van der Waals surface area contributed by atoms with Crippen LogP contribution in [-0.2, 0) is 28.2 Å². The van der Waals surface area contributed by atoms with Crippen molar-refractivity contribution < 1.29 is 47.1 Å². The van der Waals surface area contributed by atoms with Crippen molar-refractivity contribution in [3.63, 3.8) is 0 Å². The molecule has 4 nitrogen and oxygen atoms in total. The molecule has 0 aliphatic heterocycles. The molecule has 2 bridgehead atoms. The van der Waals surface area contributed by atoms with E-state index < -0.39 is 80.5 Å². The van der Waals surface area contributed by atoms with E-state index in [1.165, 1.54) is 124 Å². The fourth-order valence-electron chi connectivity index (χ4n) is 15.8. The average Bonchev–Trinajstić information content (AvgIpc) is 0.709. The normalized spacial score (nSPS) is 29.4. The molecule has 0 N–H and O–H groups in total. The molecule has 6 fully saturated rings. The Kier molecular flexibility index (Phi) is 16.5. The Morgan fingerprint density at radius 3 is 1.07 bits per heavy atom. The summed E-state index contributed by atoms with van der Waals surface area (Å²) < 4.78 is 188. The highest BCUT2D eigenvalue weighted by Crippen LogP contribution is 2.59. The molecule has 106 heavy (non-hydrogen) atoms. The van der Waals surface area contributed by atoms with Crippen molar-refractivity contribution in [1.29, 1.82) is 0 Å². The Balaban J connectivity index is 0.000000139. The first-order valence-corrected chi connectivity index (χ1v) is 37.7. The Bertz CT molecular complexity index is 6020. The van der Waals surface area contributed by atoms with Crippen LogP contribution < -0.4 is 18.3 Å². The first kappa shape index (κ1) is 51.6.